The Kier molecular flexibility index (Phi) is 3.26. The quantitative estimate of drug-likeness (QED) is 0.876. The average molecular weight is 252 g/mol. The molecule has 1 aromatic rings. The summed E-state index contributed by atoms with van der Waals surface area (Å²) in [5.41, 5.74) is -1.01. The fourth-order valence-corrected chi connectivity index (χ4v) is 1.56. The molecular formula is C12H10F2N2O2. The number of hydrogen-bond donors (Lipinski definition) is 1. The van der Waals surface area contributed by atoms with Gasteiger partial charge in [0.1, 0.15) is 11.6 Å². The van der Waals surface area contributed by atoms with Crippen LogP contribution in [0.4, 0.5) is 8.78 Å². The molecule has 0 spiro atoms. The highest BCUT2D eigenvalue weighted by molar-refractivity contribution is 5.86. The summed E-state index contributed by atoms with van der Waals surface area (Å²) in [6, 6.07) is 4.99. The lowest BCUT2D eigenvalue weighted by molar-refractivity contribution is -0.150. The van der Waals surface area contributed by atoms with Gasteiger partial charge in [0, 0.05) is 18.2 Å². The Bertz CT molecular complexity index is 521. The molecule has 94 valence electrons. The van der Waals surface area contributed by atoms with E-state index in [0.29, 0.717) is 0 Å². The van der Waals surface area contributed by atoms with Gasteiger partial charge >= 0.3 is 0 Å². The topological polar surface area (TPSA) is 62.1 Å². The summed E-state index contributed by atoms with van der Waals surface area (Å²) < 4.78 is 30.8. The van der Waals surface area contributed by atoms with Gasteiger partial charge in [0.2, 0.25) is 5.91 Å². The number of carbonyl (C=O) groups is 1. The molecule has 1 aliphatic heterocycles. The van der Waals surface area contributed by atoms with Crippen molar-refractivity contribution in [3.63, 3.8) is 0 Å². The van der Waals surface area contributed by atoms with Crippen molar-refractivity contribution in [1.29, 1.82) is 5.26 Å². The molecule has 0 aliphatic carbocycles. The van der Waals surface area contributed by atoms with Crippen LogP contribution in [0.15, 0.2) is 18.2 Å². The number of carbonyl (C=O) groups excluding carboxylic acids is 1. The fraction of sp³-hybridized carbons (Fsp3) is 0.333. The van der Waals surface area contributed by atoms with Crippen LogP contribution >= 0.6 is 0 Å². The molecule has 18 heavy (non-hydrogen) atoms. The summed E-state index contributed by atoms with van der Waals surface area (Å²) in [5.74, 6) is -1.91. The predicted molar refractivity (Wildman–Crippen MR) is 57.1 cm³/mol. The Labute approximate surface area is 102 Å². The maximum atomic E-state index is 13.3. The molecule has 4 nitrogen and oxygen atoms in total. The molecule has 6 heteroatoms. The minimum atomic E-state index is -1.17. The largest absolute Gasteiger partial charge is 0.377 e. The Balaban J connectivity index is 2.00. The summed E-state index contributed by atoms with van der Waals surface area (Å²) in [6.45, 7) is -0.00313. The van der Waals surface area contributed by atoms with Gasteiger partial charge in [-0.2, -0.15) is 5.26 Å². The molecular weight excluding hydrogens is 242 g/mol. The zero-order chi connectivity index (χ0) is 13.2. The highest BCUT2D eigenvalue weighted by Gasteiger charge is 2.46. The molecule has 1 saturated heterocycles. The van der Waals surface area contributed by atoms with Crippen molar-refractivity contribution in [3.05, 3.63) is 35.4 Å². The maximum Gasteiger partial charge on any atom is 0.245 e. The van der Waals surface area contributed by atoms with Crippen LogP contribution in [0.3, 0.4) is 0 Å². The number of benzene rings is 1. The van der Waals surface area contributed by atoms with Crippen LogP contribution in [0.2, 0.25) is 0 Å². The van der Waals surface area contributed by atoms with Crippen LogP contribution in [0.1, 0.15) is 5.56 Å². The Morgan fingerprint density at radius 1 is 1.50 bits per heavy atom. The van der Waals surface area contributed by atoms with Gasteiger partial charge in [-0.3, -0.25) is 4.79 Å². The molecule has 0 saturated carbocycles. The summed E-state index contributed by atoms with van der Waals surface area (Å²) in [7, 11) is 0. The van der Waals surface area contributed by atoms with Crippen LogP contribution in [-0.4, -0.2) is 19.1 Å². The van der Waals surface area contributed by atoms with Crippen molar-refractivity contribution in [2.75, 3.05) is 13.2 Å². The first kappa shape index (κ1) is 12.5. The van der Waals surface area contributed by atoms with Gasteiger partial charge in [-0.25, -0.2) is 8.78 Å². The summed E-state index contributed by atoms with van der Waals surface area (Å²) in [6.07, 6.45) is 0. The minimum Gasteiger partial charge on any atom is -0.377 e. The van der Waals surface area contributed by atoms with Crippen LogP contribution in [0.5, 0.6) is 0 Å². The second-order valence-electron chi connectivity index (χ2n) is 4.11. The van der Waals surface area contributed by atoms with Gasteiger partial charge in [0.25, 0.3) is 0 Å². The molecule has 0 radical (unpaired) electrons. The van der Waals surface area contributed by atoms with Gasteiger partial charge in [0.05, 0.1) is 19.3 Å². The number of nitrogens with zero attached hydrogens (tertiary/aromatic N) is 1. The number of rotatable bonds is 3. The zero-order valence-electron chi connectivity index (χ0n) is 9.37. The number of nitriles is 1. The van der Waals surface area contributed by atoms with Gasteiger partial charge in [-0.05, 0) is 6.07 Å². The lowest BCUT2D eigenvalue weighted by Crippen LogP contribution is -2.53. The number of nitrogens with one attached hydrogen (secondary N) is 1. The summed E-state index contributed by atoms with van der Waals surface area (Å²) >= 11 is 0. The lowest BCUT2D eigenvalue weighted by Gasteiger charge is -2.33. The van der Waals surface area contributed by atoms with E-state index in [2.05, 4.69) is 5.32 Å². The second-order valence-corrected chi connectivity index (χ2v) is 4.11. The third kappa shape index (κ3) is 2.17. The number of hydrogen-bond acceptors (Lipinski definition) is 3. The van der Waals surface area contributed by atoms with Crippen molar-refractivity contribution in [2.45, 2.75) is 6.54 Å². The van der Waals surface area contributed by atoms with E-state index in [0.717, 1.165) is 12.1 Å². The average Bonchev–Trinajstić information content (AvgIpc) is 2.27. The SMILES string of the molecule is N#CC1(C(=O)NCc2ccc(F)cc2F)COC1. The summed E-state index contributed by atoms with van der Waals surface area (Å²) in [4.78, 5) is 11.7. The molecule has 1 N–H and O–H groups in total. The van der Waals surface area contributed by atoms with Gasteiger partial charge in [0.15, 0.2) is 5.41 Å². The minimum absolute atomic E-state index is 0.0429. The monoisotopic (exact) mass is 252 g/mol. The molecule has 2 rings (SSSR count). The fourth-order valence-electron chi connectivity index (χ4n) is 1.56. The van der Waals surface area contributed by atoms with Crippen molar-refractivity contribution >= 4 is 5.91 Å². The van der Waals surface area contributed by atoms with Crippen molar-refractivity contribution in [2.24, 2.45) is 5.41 Å². The van der Waals surface area contributed by atoms with Crippen LogP contribution < -0.4 is 5.32 Å². The molecule has 0 unspecified atom stereocenters. The first-order chi connectivity index (χ1) is 8.57. The normalized spacial score (nSPS) is 16.5. The number of amides is 1. The second kappa shape index (κ2) is 4.70. The molecule has 1 aliphatic rings. The van der Waals surface area contributed by atoms with Crippen LogP contribution in [0.25, 0.3) is 0 Å². The Hall–Kier alpha value is -2.00. The van der Waals surface area contributed by atoms with Gasteiger partial charge in [-0.15, -0.1) is 0 Å². The third-order valence-corrected chi connectivity index (χ3v) is 2.80. The Morgan fingerprint density at radius 2 is 2.22 bits per heavy atom. The Morgan fingerprint density at radius 3 is 2.72 bits per heavy atom. The van der Waals surface area contributed by atoms with E-state index in [-0.39, 0.29) is 25.3 Å². The van der Waals surface area contributed by atoms with E-state index in [4.69, 9.17) is 10.00 Å². The van der Waals surface area contributed by atoms with Crippen LogP contribution in [-0.2, 0) is 16.1 Å². The highest BCUT2D eigenvalue weighted by atomic mass is 19.1. The van der Waals surface area contributed by atoms with Crippen molar-refractivity contribution in [3.8, 4) is 6.07 Å². The molecule has 1 aromatic carbocycles. The van der Waals surface area contributed by atoms with E-state index in [1.54, 1.807) is 0 Å². The molecule has 0 aromatic heterocycles. The first-order valence-electron chi connectivity index (χ1n) is 5.29. The number of halogens is 2. The van der Waals surface area contributed by atoms with E-state index in [1.807, 2.05) is 6.07 Å². The van der Waals surface area contributed by atoms with Crippen LogP contribution in [0, 0.1) is 28.4 Å². The highest BCUT2D eigenvalue weighted by Crippen LogP contribution is 2.26. The standard InChI is InChI=1S/C12H10F2N2O2/c13-9-2-1-8(10(14)3-9)4-16-11(17)12(5-15)6-18-7-12/h1-3H,4,6-7H2,(H,16,17). The summed E-state index contributed by atoms with van der Waals surface area (Å²) in [5, 5.41) is 11.3. The lowest BCUT2D eigenvalue weighted by atomic mass is 9.87. The van der Waals surface area contributed by atoms with Gasteiger partial charge < -0.3 is 10.1 Å². The molecule has 0 atom stereocenters. The third-order valence-electron chi connectivity index (χ3n) is 2.80. The van der Waals surface area contributed by atoms with E-state index >= 15 is 0 Å². The smallest absolute Gasteiger partial charge is 0.245 e. The molecule has 0 bridgehead atoms. The van der Waals surface area contributed by atoms with E-state index < -0.39 is 23.0 Å². The maximum absolute atomic E-state index is 13.3. The number of ether oxygens (including phenoxy) is 1. The van der Waals surface area contributed by atoms with E-state index in [9.17, 15) is 13.6 Å². The first-order valence-corrected chi connectivity index (χ1v) is 5.29. The molecule has 1 fully saturated rings. The molecule has 1 amide bonds. The van der Waals surface area contributed by atoms with E-state index in [1.165, 1.54) is 6.07 Å². The van der Waals surface area contributed by atoms with Crippen molar-refractivity contribution in [1.82, 2.24) is 5.32 Å². The van der Waals surface area contributed by atoms with Gasteiger partial charge in [-0.1, -0.05) is 6.07 Å². The molecule has 1 heterocycles. The zero-order valence-corrected chi connectivity index (χ0v) is 9.37. The van der Waals surface area contributed by atoms with Crippen molar-refractivity contribution < 1.29 is 18.3 Å². The predicted octanol–water partition coefficient (Wildman–Crippen LogP) is 1.12.